The second-order valence-electron chi connectivity index (χ2n) is 8.82. The zero-order valence-electron chi connectivity index (χ0n) is 20.2. The zero-order chi connectivity index (χ0) is 22.9. The molecule has 1 aromatic carbocycles. The summed E-state index contributed by atoms with van der Waals surface area (Å²) >= 11 is 0. The monoisotopic (exact) mass is 570 g/mol. The molecule has 3 rings (SSSR count). The maximum atomic E-state index is 12.8. The van der Waals surface area contributed by atoms with Crippen molar-refractivity contribution in [1.29, 1.82) is 0 Å². The highest BCUT2D eigenvalue weighted by atomic mass is 127. The molecular formula is C24H39IN6O2. The van der Waals surface area contributed by atoms with Gasteiger partial charge in [0.2, 0.25) is 11.8 Å². The molecule has 2 heterocycles. The maximum Gasteiger partial charge on any atom is 0.243 e. The minimum atomic E-state index is -0.0861. The van der Waals surface area contributed by atoms with Gasteiger partial charge in [-0.05, 0) is 31.7 Å². The third-order valence-electron chi connectivity index (χ3n) is 6.34. The minimum absolute atomic E-state index is 0. The molecule has 1 N–H and O–H groups in total. The fraction of sp³-hybridized carbons (Fsp3) is 0.625. The standard InChI is InChI=1S/C24H38N6O2.HI/c1-20(23(32)29-13-7-8-14-29)28-15-17-30(18-16-28)24(26-19-22(31)27(2)3)25-12-11-21-9-5-4-6-10-21;/h4-6,9-10,20H,7-8,11-19H2,1-3H3,(H,25,26);1H. The summed E-state index contributed by atoms with van der Waals surface area (Å²) < 4.78 is 0. The highest BCUT2D eigenvalue weighted by molar-refractivity contribution is 14.0. The summed E-state index contributed by atoms with van der Waals surface area (Å²) in [5, 5.41) is 3.46. The van der Waals surface area contributed by atoms with Crippen LogP contribution in [-0.4, -0.2) is 110 Å². The number of piperazine rings is 1. The van der Waals surface area contributed by atoms with Crippen molar-refractivity contribution in [3.63, 3.8) is 0 Å². The van der Waals surface area contributed by atoms with E-state index in [1.54, 1.807) is 19.0 Å². The number of carbonyl (C=O) groups is 2. The summed E-state index contributed by atoms with van der Waals surface area (Å²) in [6.45, 7) is 7.88. The van der Waals surface area contributed by atoms with Crippen molar-refractivity contribution in [2.24, 2.45) is 4.99 Å². The second-order valence-corrected chi connectivity index (χ2v) is 8.82. The Morgan fingerprint density at radius 1 is 1.00 bits per heavy atom. The van der Waals surface area contributed by atoms with E-state index in [0.29, 0.717) is 0 Å². The third-order valence-corrected chi connectivity index (χ3v) is 6.34. The number of benzene rings is 1. The van der Waals surface area contributed by atoms with Crippen LogP contribution in [0.15, 0.2) is 35.3 Å². The molecule has 2 amide bonds. The molecule has 1 atom stereocenters. The van der Waals surface area contributed by atoms with Crippen LogP contribution >= 0.6 is 24.0 Å². The number of amides is 2. The topological polar surface area (TPSA) is 71.5 Å². The van der Waals surface area contributed by atoms with Gasteiger partial charge in [-0.25, -0.2) is 4.99 Å². The predicted octanol–water partition coefficient (Wildman–Crippen LogP) is 1.51. The Labute approximate surface area is 215 Å². The molecule has 0 bridgehead atoms. The molecule has 0 spiro atoms. The number of nitrogens with zero attached hydrogens (tertiary/aromatic N) is 5. The number of hydrogen-bond acceptors (Lipinski definition) is 4. The van der Waals surface area contributed by atoms with Gasteiger partial charge >= 0.3 is 0 Å². The molecule has 0 saturated carbocycles. The van der Waals surface area contributed by atoms with Crippen LogP contribution in [0.25, 0.3) is 0 Å². The number of aliphatic imine (C=N–C) groups is 1. The molecule has 8 nitrogen and oxygen atoms in total. The Hall–Kier alpha value is -1.88. The average molecular weight is 571 g/mol. The van der Waals surface area contributed by atoms with E-state index in [9.17, 15) is 9.59 Å². The number of likely N-dealkylation sites (tertiary alicyclic amines) is 1. The van der Waals surface area contributed by atoms with Gasteiger partial charge in [0.25, 0.3) is 0 Å². The normalized spacial score (nSPS) is 18.0. The number of guanidine groups is 1. The maximum absolute atomic E-state index is 12.8. The molecule has 2 aliphatic rings. The van der Waals surface area contributed by atoms with Crippen molar-refractivity contribution in [3.05, 3.63) is 35.9 Å². The Morgan fingerprint density at radius 3 is 2.24 bits per heavy atom. The third kappa shape index (κ3) is 8.13. The quantitative estimate of drug-likeness (QED) is 0.306. The summed E-state index contributed by atoms with van der Waals surface area (Å²) in [6, 6.07) is 10.3. The van der Waals surface area contributed by atoms with Crippen LogP contribution in [0.4, 0.5) is 0 Å². The molecule has 9 heteroatoms. The zero-order valence-corrected chi connectivity index (χ0v) is 22.5. The number of carbonyl (C=O) groups excluding carboxylic acids is 2. The molecule has 0 aliphatic carbocycles. The van der Waals surface area contributed by atoms with E-state index in [1.807, 2.05) is 30.0 Å². The Kier molecular flexibility index (Phi) is 11.4. The molecule has 2 aliphatic heterocycles. The van der Waals surface area contributed by atoms with Gasteiger partial charge in [0.1, 0.15) is 6.54 Å². The van der Waals surface area contributed by atoms with Gasteiger partial charge in [0.05, 0.1) is 6.04 Å². The minimum Gasteiger partial charge on any atom is -0.356 e. The van der Waals surface area contributed by atoms with Crippen molar-refractivity contribution < 1.29 is 9.59 Å². The molecule has 184 valence electrons. The van der Waals surface area contributed by atoms with Crippen molar-refractivity contribution in [2.45, 2.75) is 32.2 Å². The average Bonchev–Trinajstić information content (AvgIpc) is 3.36. The van der Waals surface area contributed by atoms with Crippen molar-refractivity contribution in [2.75, 3.05) is 66.5 Å². The number of halogens is 1. The van der Waals surface area contributed by atoms with Crippen LogP contribution in [0.2, 0.25) is 0 Å². The largest absolute Gasteiger partial charge is 0.356 e. The predicted molar refractivity (Wildman–Crippen MR) is 143 cm³/mol. The molecule has 33 heavy (non-hydrogen) atoms. The van der Waals surface area contributed by atoms with Gasteiger partial charge in [-0.1, -0.05) is 30.3 Å². The van der Waals surface area contributed by atoms with Gasteiger partial charge in [-0.15, -0.1) is 24.0 Å². The molecule has 1 aromatic rings. The van der Waals surface area contributed by atoms with Crippen molar-refractivity contribution in [3.8, 4) is 0 Å². The summed E-state index contributed by atoms with van der Waals surface area (Å²) in [6.07, 6.45) is 3.13. The molecule has 1 unspecified atom stereocenters. The van der Waals surface area contributed by atoms with Gasteiger partial charge < -0.3 is 20.0 Å². The molecule has 2 fully saturated rings. The van der Waals surface area contributed by atoms with E-state index in [2.05, 4.69) is 32.2 Å². The van der Waals surface area contributed by atoms with Crippen LogP contribution < -0.4 is 5.32 Å². The highest BCUT2D eigenvalue weighted by Gasteiger charge is 2.30. The summed E-state index contributed by atoms with van der Waals surface area (Å²) in [5.74, 6) is 1.01. The SMILES string of the molecule is CC(C(=O)N1CCCC1)N1CCN(C(=NCC(=O)N(C)C)NCCc2ccccc2)CC1.I. The first-order chi connectivity index (χ1) is 15.5. The number of likely N-dealkylation sites (N-methyl/N-ethyl adjacent to an activating group) is 1. The Balaban J connectivity index is 0.00000385. The molecule has 2 saturated heterocycles. The lowest BCUT2D eigenvalue weighted by molar-refractivity contribution is -0.135. The lowest BCUT2D eigenvalue weighted by atomic mass is 10.1. The number of rotatable bonds is 7. The van der Waals surface area contributed by atoms with Crippen molar-refractivity contribution >= 4 is 41.8 Å². The fourth-order valence-electron chi connectivity index (χ4n) is 4.19. The van der Waals surface area contributed by atoms with Crippen LogP contribution in [0.1, 0.15) is 25.3 Å². The van der Waals surface area contributed by atoms with E-state index in [-0.39, 0.29) is 48.4 Å². The smallest absolute Gasteiger partial charge is 0.243 e. The lowest BCUT2D eigenvalue weighted by Crippen LogP contribution is -2.57. The van der Waals surface area contributed by atoms with Crippen molar-refractivity contribution in [1.82, 2.24) is 24.9 Å². The molecule has 0 radical (unpaired) electrons. The second kappa shape index (κ2) is 13.7. The summed E-state index contributed by atoms with van der Waals surface area (Å²) in [5.41, 5.74) is 1.27. The van der Waals surface area contributed by atoms with E-state index in [1.165, 1.54) is 5.56 Å². The van der Waals surface area contributed by atoms with Gasteiger partial charge in [0, 0.05) is 59.9 Å². The molecular weight excluding hydrogens is 531 g/mol. The number of nitrogens with one attached hydrogen (secondary N) is 1. The van der Waals surface area contributed by atoms with Crippen LogP contribution in [0.3, 0.4) is 0 Å². The van der Waals surface area contributed by atoms with E-state index in [0.717, 1.165) is 71.0 Å². The highest BCUT2D eigenvalue weighted by Crippen LogP contribution is 2.14. The Morgan fingerprint density at radius 2 is 1.64 bits per heavy atom. The lowest BCUT2D eigenvalue weighted by Gasteiger charge is -2.39. The number of hydrogen-bond donors (Lipinski definition) is 1. The van der Waals surface area contributed by atoms with E-state index in [4.69, 9.17) is 0 Å². The first-order valence-corrected chi connectivity index (χ1v) is 11.8. The first-order valence-electron chi connectivity index (χ1n) is 11.8. The summed E-state index contributed by atoms with van der Waals surface area (Å²) in [4.78, 5) is 37.5. The first kappa shape index (κ1) is 27.4. The summed E-state index contributed by atoms with van der Waals surface area (Å²) in [7, 11) is 3.50. The van der Waals surface area contributed by atoms with Gasteiger partial charge in [-0.2, -0.15) is 0 Å². The molecule has 0 aromatic heterocycles. The van der Waals surface area contributed by atoms with Gasteiger partial charge in [-0.3, -0.25) is 14.5 Å². The van der Waals surface area contributed by atoms with Gasteiger partial charge in [0.15, 0.2) is 5.96 Å². The fourth-order valence-corrected chi connectivity index (χ4v) is 4.19. The van der Waals surface area contributed by atoms with Crippen LogP contribution in [0.5, 0.6) is 0 Å². The van der Waals surface area contributed by atoms with E-state index >= 15 is 0 Å². The Bertz CT molecular complexity index is 774. The van der Waals surface area contributed by atoms with Crippen LogP contribution in [0, 0.1) is 0 Å². The van der Waals surface area contributed by atoms with E-state index < -0.39 is 0 Å². The van der Waals surface area contributed by atoms with Crippen LogP contribution in [-0.2, 0) is 16.0 Å².